The fourth-order valence-electron chi connectivity index (χ4n) is 2.20. The summed E-state index contributed by atoms with van der Waals surface area (Å²) in [6, 6.07) is 8.57. The van der Waals surface area contributed by atoms with Crippen molar-refractivity contribution in [3.8, 4) is 11.3 Å². The van der Waals surface area contributed by atoms with Crippen LogP contribution in [-0.4, -0.2) is 29.1 Å². The van der Waals surface area contributed by atoms with Crippen molar-refractivity contribution in [1.29, 1.82) is 0 Å². The number of methoxy groups -OCH3 is 1. The zero-order chi connectivity index (χ0) is 15.4. The monoisotopic (exact) mass is 287 g/mol. The van der Waals surface area contributed by atoms with Crippen molar-refractivity contribution >= 4 is 18.1 Å². The highest BCUT2D eigenvalue weighted by molar-refractivity contribution is 5.92. The van der Waals surface area contributed by atoms with Crippen LogP contribution in [0.25, 0.3) is 11.3 Å². The first-order valence-electron chi connectivity index (χ1n) is 6.60. The van der Waals surface area contributed by atoms with Gasteiger partial charge in [0.05, 0.1) is 12.7 Å². The van der Waals surface area contributed by atoms with Crippen LogP contribution in [0, 0.1) is 0 Å². The van der Waals surface area contributed by atoms with Gasteiger partial charge in [0, 0.05) is 5.56 Å². The topological polar surface area (TPSA) is 87.2 Å². The minimum atomic E-state index is -0.647. The third-order valence-electron chi connectivity index (χ3n) is 3.31. The average molecular weight is 287 g/mol. The van der Waals surface area contributed by atoms with Crippen LogP contribution in [0.4, 0.5) is 5.82 Å². The van der Waals surface area contributed by atoms with Crippen molar-refractivity contribution in [2.75, 3.05) is 12.8 Å². The van der Waals surface area contributed by atoms with Gasteiger partial charge in [-0.15, -0.1) is 0 Å². The third kappa shape index (κ3) is 2.65. The summed E-state index contributed by atoms with van der Waals surface area (Å²) in [5.41, 5.74) is 7.50. The van der Waals surface area contributed by atoms with E-state index in [0.29, 0.717) is 18.4 Å². The lowest BCUT2D eigenvalue weighted by Crippen LogP contribution is -2.22. The molecule has 0 amide bonds. The Morgan fingerprint density at radius 3 is 2.62 bits per heavy atom. The highest BCUT2D eigenvalue weighted by atomic mass is 16.5. The van der Waals surface area contributed by atoms with Gasteiger partial charge in [0.2, 0.25) is 0 Å². The molecule has 0 aliphatic rings. The first-order valence-corrected chi connectivity index (χ1v) is 6.60. The number of hydrogen-bond acceptors (Lipinski definition) is 5. The van der Waals surface area contributed by atoms with E-state index in [1.165, 1.54) is 11.8 Å². The summed E-state index contributed by atoms with van der Waals surface area (Å²) in [7, 11) is 1.31. The third-order valence-corrected chi connectivity index (χ3v) is 3.31. The Kier molecular flexibility index (Phi) is 4.37. The molecule has 1 unspecified atom stereocenters. The van der Waals surface area contributed by atoms with Crippen LogP contribution in [0.2, 0.25) is 0 Å². The molecular weight excluding hydrogens is 270 g/mol. The van der Waals surface area contributed by atoms with Crippen LogP contribution in [0.3, 0.4) is 0 Å². The summed E-state index contributed by atoms with van der Waals surface area (Å²) in [5, 5.41) is 4.35. The Morgan fingerprint density at radius 2 is 2.10 bits per heavy atom. The normalized spacial score (nSPS) is 11.9. The fraction of sp³-hybridized carbons (Fsp3) is 0.267. The van der Waals surface area contributed by atoms with Crippen LogP contribution in [0.5, 0.6) is 0 Å². The predicted molar refractivity (Wildman–Crippen MR) is 78.8 cm³/mol. The van der Waals surface area contributed by atoms with Gasteiger partial charge in [-0.1, -0.05) is 37.3 Å². The molecule has 1 aromatic heterocycles. The summed E-state index contributed by atoms with van der Waals surface area (Å²) in [6.07, 6.45) is 1.12. The molecular formula is C15H17N3O3. The van der Waals surface area contributed by atoms with Gasteiger partial charge in [0.1, 0.15) is 11.5 Å². The largest absolute Gasteiger partial charge is 0.467 e. The molecule has 1 heterocycles. The number of carbonyl (C=O) groups excluding carboxylic acids is 2. The lowest BCUT2D eigenvalue weighted by Gasteiger charge is -2.14. The number of nitrogen functional groups attached to an aromatic ring is 1. The van der Waals surface area contributed by atoms with Gasteiger partial charge in [-0.05, 0) is 6.42 Å². The summed E-state index contributed by atoms with van der Waals surface area (Å²) in [6.45, 7) is 1.82. The lowest BCUT2D eigenvalue weighted by molar-refractivity contribution is -0.144. The molecule has 6 heteroatoms. The van der Waals surface area contributed by atoms with Gasteiger partial charge in [0.25, 0.3) is 0 Å². The summed E-state index contributed by atoms with van der Waals surface area (Å²) in [5.74, 6) is -0.273. The molecule has 0 bridgehead atoms. The molecule has 2 aromatic rings. The van der Waals surface area contributed by atoms with Gasteiger partial charge in [-0.3, -0.25) is 4.79 Å². The second kappa shape index (κ2) is 6.21. The molecule has 0 saturated carbocycles. The van der Waals surface area contributed by atoms with Gasteiger partial charge >= 0.3 is 5.97 Å². The van der Waals surface area contributed by atoms with Crippen molar-refractivity contribution < 1.29 is 14.3 Å². The SMILES string of the molecule is CCC(C(=O)OC)n1nc(-c2ccccc2)c(C=O)c1N. The number of carbonyl (C=O) groups is 2. The minimum Gasteiger partial charge on any atom is -0.467 e. The van der Waals surface area contributed by atoms with E-state index >= 15 is 0 Å². The molecule has 0 fully saturated rings. The highest BCUT2D eigenvalue weighted by Gasteiger charge is 2.26. The quantitative estimate of drug-likeness (QED) is 0.672. The number of hydrogen-bond donors (Lipinski definition) is 1. The number of esters is 1. The molecule has 1 atom stereocenters. The van der Waals surface area contributed by atoms with Gasteiger partial charge < -0.3 is 10.5 Å². The van der Waals surface area contributed by atoms with E-state index in [1.807, 2.05) is 37.3 Å². The van der Waals surface area contributed by atoms with E-state index in [-0.39, 0.29) is 11.4 Å². The number of ether oxygens (including phenoxy) is 1. The average Bonchev–Trinajstić information content (AvgIpc) is 2.85. The summed E-state index contributed by atoms with van der Waals surface area (Å²) in [4.78, 5) is 23.1. The molecule has 2 rings (SSSR count). The Hall–Kier alpha value is -2.63. The van der Waals surface area contributed by atoms with Crippen LogP contribution < -0.4 is 5.73 Å². The van der Waals surface area contributed by atoms with Crippen LogP contribution in [0.1, 0.15) is 29.7 Å². The Balaban J connectivity index is 2.58. The number of benzene rings is 1. The maximum atomic E-state index is 11.8. The van der Waals surface area contributed by atoms with E-state index in [4.69, 9.17) is 10.5 Å². The highest BCUT2D eigenvalue weighted by Crippen LogP contribution is 2.29. The van der Waals surface area contributed by atoms with Crippen LogP contribution in [-0.2, 0) is 9.53 Å². The van der Waals surface area contributed by atoms with Gasteiger partial charge in [0.15, 0.2) is 12.3 Å². The zero-order valence-corrected chi connectivity index (χ0v) is 11.9. The number of nitrogens with zero attached hydrogens (tertiary/aromatic N) is 2. The molecule has 0 aliphatic heterocycles. The molecule has 1 aromatic carbocycles. The summed E-state index contributed by atoms with van der Waals surface area (Å²) < 4.78 is 6.12. The van der Waals surface area contributed by atoms with Crippen molar-refractivity contribution in [2.45, 2.75) is 19.4 Å². The Morgan fingerprint density at radius 1 is 1.43 bits per heavy atom. The first kappa shape index (κ1) is 14.8. The first-order chi connectivity index (χ1) is 10.1. The number of aromatic nitrogens is 2. The zero-order valence-electron chi connectivity index (χ0n) is 11.9. The number of rotatable bonds is 5. The molecule has 0 spiro atoms. The number of anilines is 1. The van der Waals surface area contributed by atoms with Crippen molar-refractivity contribution in [3.05, 3.63) is 35.9 Å². The molecule has 0 aliphatic carbocycles. The van der Waals surface area contributed by atoms with Crippen molar-refractivity contribution in [3.63, 3.8) is 0 Å². The van der Waals surface area contributed by atoms with E-state index in [0.717, 1.165) is 5.56 Å². The maximum Gasteiger partial charge on any atom is 0.330 e. The van der Waals surface area contributed by atoms with Crippen LogP contribution in [0.15, 0.2) is 30.3 Å². The molecule has 0 saturated heterocycles. The van der Waals surface area contributed by atoms with E-state index < -0.39 is 12.0 Å². The summed E-state index contributed by atoms with van der Waals surface area (Å²) >= 11 is 0. The molecule has 2 N–H and O–H groups in total. The second-order valence-electron chi connectivity index (χ2n) is 4.52. The van der Waals surface area contributed by atoms with Crippen LogP contribution >= 0.6 is 0 Å². The van der Waals surface area contributed by atoms with E-state index in [1.54, 1.807) is 0 Å². The Bertz CT molecular complexity index is 650. The van der Waals surface area contributed by atoms with E-state index in [2.05, 4.69) is 5.10 Å². The van der Waals surface area contributed by atoms with Crippen molar-refractivity contribution in [1.82, 2.24) is 9.78 Å². The van der Waals surface area contributed by atoms with Gasteiger partial charge in [-0.25, -0.2) is 9.48 Å². The Labute approximate surface area is 122 Å². The molecule has 110 valence electrons. The standard InChI is InChI=1S/C15H17N3O3/c1-3-12(15(20)21-2)18-14(16)11(9-19)13(17-18)10-7-5-4-6-8-10/h4-9,12H,3,16H2,1-2H3. The fourth-order valence-corrected chi connectivity index (χ4v) is 2.20. The number of aldehydes is 1. The second-order valence-corrected chi connectivity index (χ2v) is 4.52. The lowest BCUT2D eigenvalue weighted by atomic mass is 10.1. The smallest absolute Gasteiger partial charge is 0.330 e. The molecule has 0 radical (unpaired) electrons. The van der Waals surface area contributed by atoms with Gasteiger partial charge in [-0.2, -0.15) is 5.10 Å². The maximum absolute atomic E-state index is 11.8. The van der Waals surface area contributed by atoms with E-state index in [9.17, 15) is 9.59 Å². The predicted octanol–water partition coefficient (Wildman–Crippen LogP) is 2.07. The minimum absolute atomic E-state index is 0.168. The molecule has 6 nitrogen and oxygen atoms in total. The number of nitrogens with two attached hydrogens (primary N) is 1. The van der Waals surface area contributed by atoms with Crippen molar-refractivity contribution in [2.24, 2.45) is 0 Å². The molecule has 21 heavy (non-hydrogen) atoms.